The highest BCUT2D eigenvalue weighted by atomic mass is 16.6. The van der Waals surface area contributed by atoms with Crippen LogP contribution in [0.2, 0.25) is 0 Å². The van der Waals surface area contributed by atoms with Crippen molar-refractivity contribution in [2.24, 2.45) is 0 Å². The van der Waals surface area contributed by atoms with Crippen molar-refractivity contribution in [2.75, 3.05) is 5.32 Å². The average Bonchev–Trinajstić information content (AvgIpc) is 2.51. The molecular formula is C15H13N3O6. The van der Waals surface area contributed by atoms with E-state index in [1.807, 2.05) is 13.0 Å². The third-order valence-electron chi connectivity index (χ3n) is 3.60. The standard InChI is InChI=1S/C15H13N3O6/c1-8-4-3-5-12(9(8)2)16-14-11(15(19)20)6-10(17(21)22)7-13(14)18(23)24/h3-7,16H,1-2H3,(H,19,20). The molecule has 9 heteroatoms. The maximum Gasteiger partial charge on any atom is 0.338 e. The Bertz CT molecular complexity index is 827. The number of nitrogens with zero attached hydrogens (tertiary/aromatic N) is 2. The number of benzene rings is 2. The number of nitro groups is 2. The quantitative estimate of drug-likeness (QED) is 0.631. The van der Waals surface area contributed by atoms with Crippen molar-refractivity contribution < 1.29 is 19.7 Å². The van der Waals surface area contributed by atoms with E-state index in [0.29, 0.717) is 5.69 Å². The molecule has 2 aromatic rings. The van der Waals surface area contributed by atoms with Gasteiger partial charge < -0.3 is 10.4 Å². The zero-order valence-electron chi connectivity index (χ0n) is 12.8. The number of carboxylic acids is 1. The highest BCUT2D eigenvalue weighted by molar-refractivity contribution is 5.99. The molecule has 124 valence electrons. The lowest BCUT2D eigenvalue weighted by Gasteiger charge is -2.13. The molecule has 0 amide bonds. The number of carbonyl (C=O) groups is 1. The van der Waals surface area contributed by atoms with Crippen molar-refractivity contribution in [3.05, 3.63) is 67.3 Å². The molecule has 9 nitrogen and oxygen atoms in total. The van der Waals surface area contributed by atoms with Crippen LogP contribution in [0, 0.1) is 34.1 Å². The second-order valence-electron chi connectivity index (χ2n) is 5.08. The lowest BCUT2D eigenvalue weighted by Crippen LogP contribution is -2.08. The molecule has 0 radical (unpaired) electrons. The second-order valence-corrected chi connectivity index (χ2v) is 5.08. The van der Waals surface area contributed by atoms with E-state index >= 15 is 0 Å². The first kappa shape index (κ1) is 16.9. The summed E-state index contributed by atoms with van der Waals surface area (Å²) in [6, 6.07) is 6.72. The number of aromatic carboxylic acids is 1. The number of carboxylic acid groups (broad SMARTS) is 1. The fourth-order valence-electron chi connectivity index (χ4n) is 2.18. The molecule has 0 aliphatic rings. The third kappa shape index (κ3) is 3.14. The monoisotopic (exact) mass is 331 g/mol. The Balaban J connectivity index is 2.71. The van der Waals surface area contributed by atoms with Gasteiger partial charge in [-0.1, -0.05) is 12.1 Å². The molecule has 0 atom stereocenters. The van der Waals surface area contributed by atoms with Gasteiger partial charge in [-0.05, 0) is 31.0 Å². The average molecular weight is 331 g/mol. The number of aryl methyl sites for hydroxylation is 1. The minimum atomic E-state index is -1.50. The van der Waals surface area contributed by atoms with Gasteiger partial charge in [0, 0.05) is 11.8 Å². The molecule has 0 bridgehead atoms. The number of nitro benzene ring substituents is 2. The van der Waals surface area contributed by atoms with Crippen molar-refractivity contribution in [3.63, 3.8) is 0 Å². The summed E-state index contributed by atoms with van der Waals surface area (Å²) < 4.78 is 0. The van der Waals surface area contributed by atoms with Crippen molar-refractivity contribution >= 4 is 28.7 Å². The van der Waals surface area contributed by atoms with Crippen LogP contribution >= 0.6 is 0 Å². The predicted molar refractivity (Wildman–Crippen MR) is 85.9 cm³/mol. The number of non-ortho nitro benzene ring substituents is 1. The van der Waals surface area contributed by atoms with Gasteiger partial charge in [0.2, 0.25) is 0 Å². The number of hydrogen-bond acceptors (Lipinski definition) is 6. The fourth-order valence-corrected chi connectivity index (χ4v) is 2.18. The van der Waals surface area contributed by atoms with E-state index < -0.39 is 32.8 Å². The van der Waals surface area contributed by atoms with E-state index in [-0.39, 0.29) is 5.69 Å². The van der Waals surface area contributed by atoms with Crippen LogP contribution in [0.5, 0.6) is 0 Å². The van der Waals surface area contributed by atoms with Crippen LogP contribution in [0.15, 0.2) is 30.3 Å². The lowest BCUT2D eigenvalue weighted by atomic mass is 10.1. The van der Waals surface area contributed by atoms with Crippen LogP contribution in [0.3, 0.4) is 0 Å². The predicted octanol–water partition coefficient (Wildman–Crippen LogP) is 3.56. The van der Waals surface area contributed by atoms with Gasteiger partial charge in [0.05, 0.1) is 21.5 Å². The topological polar surface area (TPSA) is 136 Å². The molecule has 0 saturated carbocycles. The largest absolute Gasteiger partial charge is 0.478 e. The Kier molecular flexibility index (Phi) is 4.45. The summed E-state index contributed by atoms with van der Waals surface area (Å²) in [6.07, 6.45) is 0. The lowest BCUT2D eigenvalue weighted by molar-refractivity contribution is -0.393. The van der Waals surface area contributed by atoms with Crippen LogP contribution in [0.1, 0.15) is 21.5 Å². The summed E-state index contributed by atoms with van der Waals surface area (Å²) in [5, 5.41) is 34.2. The molecule has 0 aliphatic carbocycles. The highest BCUT2D eigenvalue weighted by Gasteiger charge is 2.27. The van der Waals surface area contributed by atoms with Gasteiger partial charge >= 0.3 is 5.97 Å². The zero-order chi connectivity index (χ0) is 18.0. The van der Waals surface area contributed by atoms with Gasteiger partial charge in [0.1, 0.15) is 5.69 Å². The summed E-state index contributed by atoms with van der Waals surface area (Å²) in [4.78, 5) is 31.9. The molecule has 0 saturated heterocycles. The molecular weight excluding hydrogens is 318 g/mol. The number of nitrogens with one attached hydrogen (secondary N) is 1. The van der Waals surface area contributed by atoms with Gasteiger partial charge in [-0.2, -0.15) is 0 Å². The normalized spacial score (nSPS) is 10.2. The Hall–Kier alpha value is -3.49. The first-order chi connectivity index (χ1) is 11.2. The van der Waals surface area contributed by atoms with Crippen molar-refractivity contribution in [1.29, 1.82) is 0 Å². The Labute approximate surface area is 135 Å². The van der Waals surface area contributed by atoms with Crippen LogP contribution < -0.4 is 5.32 Å². The first-order valence-corrected chi connectivity index (χ1v) is 6.75. The van der Waals surface area contributed by atoms with Gasteiger partial charge in [0.25, 0.3) is 11.4 Å². The van der Waals surface area contributed by atoms with E-state index in [9.17, 15) is 30.1 Å². The van der Waals surface area contributed by atoms with Crippen molar-refractivity contribution in [2.45, 2.75) is 13.8 Å². The first-order valence-electron chi connectivity index (χ1n) is 6.75. The molecule has 0 fully saturated rings. The highest BCUT2D eigenvalue weighted by Crippen LogP contribution is 2.36. The number of rotatable bonds is 5. The van der Waals surface area contributed by atoms with Gasteiger partial charge in [-0.25, -0.2) is 4.79 Å². The maximum absolute atomic E-state index is 11.4. The minimum absolute atomic E-state index is 0.299. The Morgan fingerprint density at radius 1 is 1.12 bits per heavy atom. The molecule has 0 aliphatic heterocycles. The maximum atomic E-state index is 11.4. The molecule has 0 unspecified atom stereocenters. The SMILES string of the molecule is Cc1cccc(Nc2c(C(=O)O)cc([N+](=O)[O-])cc2[N+](=O)[O-])c1C. The fraction of sp³-hybridized carbons (Fsp3) is 0.133. The number of anilines is 2. The molecule has 0 heterocycles. The third-order valence-corrected chi connectivity index (χ3v) is 3.60. The smallest absolute Gasteiger partial charge is 0.338 e. The summed E-state index contributed by atoms with van der Waals surface area (Å²) in [5.74, 6) is -1.50. The van der Waals surface area contributed by atoms with Gasteiger partial charge in [0.15, 0.2) is 0 Å². The molecule has 24 heavy (non-hydrogen) atoms. The van der Waals surface area contributed by atoms with Crippen LogP contribution in [-0.2, 0) is 0 Å². The van der Waals surface area contributed by atoms with Gasteiger partial charge in [-0.3, -0.25) is 20.2 Å². The molecule has 0 aromatic heterocycles. The van der Waals surface area contributed by atoms with Crippen LogP contribution in [0.4, 0.5) is 22.7 Å². The number of hydrogen-bond donors (Lipinski definition) is 2. The van der Waals surface area contributed by atoms with Gasteiger partial charge in [-0.15, -0.1) is 0 Å². The van der Waals surface area contributed by atoms with Crippen molar-refractivity contribution in [1.82, 2.24) is 0 Å². The van der Waals surface area contributed by atoms with Crippen molar-refractivity contribution in [3.8, 4) is 0 Å². The van der Waals surface area contributed by atoms with E-state index in [0.717, 1.165) is 23.3 Å². The Morgan fingerprint density at radius 2 is 1.79 bits per heavy atom. The van der Waals surface area contributed by atoms with E-state index in [2.05, 4.69) is 5.32 Å². The summed E-state index contributed by atoms with van der Waals surface area (Å²) in [6.45, 7) is 3.61. The Morgan fingerprint density at radius 3 is 2.33 bits per heavy atom. The minimum Gasteiger partial charge on any atom is -0.478 e. The second kappa shape index (κ2) is 6.32. The van der Waals surface area contributed by atoms with Crippen LogP contribution in [-0.4, -0.2) is 20.9 Å². The molecule has 2 rings (SSSR count). The zero-order valence-corrected chi connectivity index (χ0v) is 12.8. The van der Waals surface area contributed by atoms with E-state index in [4.69, 9.17) is 0 Å². The molecule has 2 aromatic carbocycles. The summed E-state index contributed by atoms with van der Waals surface area (Å²) >= 11 is 0. The van der Waals surface area contributed by atoms with E-state index in [1.54, 1.807) is 19.1 Å². The molecule has 0 spiro atoms. The van der Waals surface area contributed by atoms with Crippen LogP contribution in [0.25, 0.3) is 0 Å². The summed E-state index contributed by atoms with van der Waals surface area (Å²) in [7, 11) is 0. The molecule has 2 N–H and O–H groups in total. The summed E-state index contributed by atoms with van der Waals surface area (Å²) in [5.41, 5.74) is -0.0193. The van der Waals surface area contributed by atoms with E-state index in [1.165, 1.54) is 0 Å².